The third kappa shape index (κ3) is 3.88. The molecule has 1 amide bonds. The Morgan fingerprint density at radius 2 is 2.00 bits per heavy atom. The van der Waals surface area contributed by atoms with E-state index in [4.69, 9.17) is 0 Å². The number of aryl methyl sites for hydroxylation is 2. The van der Waals surface area contributed by atoms with Gasteiger partial charge in [0.1, 0.15) is 11.9 Å². The summed E-state index contributed by atoms with van der Waals surface area (Å²) >= 11 is 0. The number of carbonyl (C=O) groups is 2. The van der Waals surface area contributed by atoms with Crippen LogP contribution >= 0.6 is 0 Å². The maximum atomic E-state index is 12.4. The van der Waals surface area contributed by atoms with Crippen molar-refractivity contribution in [1.82, 2.24) is 14.7 Å². The molecule has 132 valence electrons. The molecule has 1 aliphatic heterocycles. The van der Waals surface area contributed by atoms with E-state index in [9.17, 15) is 14.7 Å². The van der Waals surface area contributed by atoms with Gasteiger partial charge in [-0.05, 0) is 45.4 Å². The summed E-state index contributed by atoms with van der Waals surface area (Å²) in [7, 11) is 0. The fourth-order valence-corrected chi connectivity index (χ4v) is 3.13. The molecule has 0 radical (unpaired) electrons. The first-order chi connectivity index (χ1) is 11.9. The van der Waals surface area contributed by atoms with Gasteiger partial charge in [-0.1, -0.05) is 17.7 Å². The topological polar surface area (TPSA) is 87.5 Å². The highest BCUT2D eigenvalue weighted by atomic mass is 16.4. The molecule has 25 heavy (non-hydrogen) atoms. The Bertz CT molecular complexity index is 782. The number of aromatic nitrogens is 2. The van der Waals surface area contributed by atoms with E-state index < -0.39 is 12.0 Å². The maximum absolute atomic E-state index is 12.4. The first-order valence-electron chi connectivity index (χ1n) is 8.34. The number of anilines is 1. The number of likely N-dealkylation sites (tertiary alicyclic amines) is 1. The number of nitrogens with one attached hydrogen (secondary N) is 1. The van der Waals surface area contributed by atoms with Gasteiger partial charge in [-0.25, -0.2) is 4.68 Å². The molecular formula is C18H22N4O3. The molecule has 3 rings (SSSR count). The molecule has 7 heteroatoms. The number of hydrogen-bond acceptors (Lipinski definition) is 4. The zero-order valence-corrected chi connectivity index (χ0v) is 14.4. The minimum atomic E-state index is -0.870. The van der Waals surface area contributed by atoms with Gasteiger partial charge >= 0.3 is 5.97 Å². The third-order valence-corrected chi connectivity index (χ3v) is 4.37. The van der Waals surface area contributed by atoms with Gasteiger partial charge in [0.2, 0.25) is 5.91 Å². The van der Waals surface area contributed by atoms with Gasteiger partial charge in [-0.2, -0.15) is 5.10 Å². The number of nitrogens with zero attached hydrogens (tertiary/aromatic N) is 3. The van der Waals surface area contributed by atoms with Gasteiger partial charge in [-0.3, -0.25) is 14.5 Å². The molecule has 2 N–H and O–H groups in total. The Kier molecular flexibility index (Phi) is 4.85. The lowest BCUT2D eigenvalue weighted by Crippen LogP contribution is -2.41. The van der Waals surface area contributed by atoms with Crippen molar-refractivity contribution in [3.8, 4) is 5.69 Å². The molecule has 1 saturated heterocycles. The number of carboxylic acids is 1. The van der Waals surface area contributed by atoms with Gasteiger partial charge in [0.05, 0.1) is 17.9 Å². The first-order valence-corrected chi connectivity index (χ1v) is 8.34. The van der Waals surface area contributed by atoms with Crippen molar-refractivity contribution in [2.45, 2.75) is 32.7 Å². The zero-order valence-electron chi connectivity index (χ0n) is 14.4. The highest BCUT2D eigenvalue weighted by molar-refractivity contribution is 5.92. The molecule has 1 aromatic heterocycles. The van der Waals surface area contributed by atoms with E-state index in [-0.39, 0.29) is 12.5 Å². The summed E-state index contributed by atoms with van der Waals surface area (Å²) < 4.78 is 1.69. The normalized spacial score (nSPS) is 17.6. The second kappa shape index (κ2) is 7.06. The van der Waals surface area contributed by atoms with Crippen LogP contribution in [0.3, 0.4) is 0 Å². The van der Waals surface area contributed by atoms with Crippen LogP contribution in [0, 0.1) is 13.8 Å². The second-order valence-electron chi connectivity index (χ2n) is 6.43. The number of aliphatic carboxylic acids is 1. The molecule has 0 bridgehead atoms. The first kappa shape index (κ1) is 17.2. The lowest BCUT2D eigenvalue weighted by atomic mass is 10.2. The third-order valence-electron chi connectivity index (χ3n) is 4.37. The van der Waals surface area contributed by atoms with Crippen LogP contribution in [-0.2, 0) is 9.59 Å². The summed E-state index contributed by atoms with van der Waals surface area (Å²) in [5.74, 6) is -0.523. The van der Waals surface area contributed by atoms with Gasteiger partial charge in [-0.15, -0.1) is 0 Å². The van der Waals surface area contributed by atoms with Crippen molar-refractivity contribution in [2.24, 2.45) is 0 Å². The Hall–Kier alpha value is -2.67. The van der Waals surface area contributed by atoms with Gasteiger partial charge in [0, 0.05) is 6.07 Å². The van der Waals surface area contributed by atoms with Gasteiger partial charge in [0.25, 0.3) is 0 Å². The minimum Gasteiger partial charge on any atom is -0.480 e. The number of carboxylic acid groups (broad SMARTS) is 1. The van der Waals surface area contributed by atoms with Crippen LogP contribution in [0.15, 0.2) is 30.3 Å². The molecule has 1 atom stereocenters. The highest BCUT2D eigenvalue weighted by Gasteiger charge is 2.31. The lowest BCUT2D eigenvalue weighted by Gasteiger charge is -2.20. The van der Waals surface area contributed by atoms with E-state index in [1.165, 1.54) is 0 Å². The Morgan fingerprint density at radius 3 is 2.68 bits per heavy atom. The number of benzene rings is 1. The van der Waals surface area contributed by atoms with Crippen molar-refractivity contribution < 1.29 is 14.7 Å². The molecule has 0 saturated carbocycles. The van der Waals surface area contributed by atoms with Crippen molar-refractivity contribution in [2.75, 3.05) is 18.4 Å². The van der Waals surface area contributed by atoms with Crippen molar-refractivity contribution >= 4 is 17.7 Å². The summed E-state index contributed by atoms with van der Waals surface area (Å²) in [6.45, 7) is 4.56. The number of amides is 1. The number of rotatable bonds is 5. The van der Waals surface area contributed by atoms with Crippen LogP contribution in [0.2, 0.25) is 0 Å². The average molecular weight is 342 g/mol. The van der Waals surface area contributed by atoms with Crippen LogP contribution in [0.25, 0.3) is 5.69 Å². The Labute approximate surface area is 146 Å². The monoisotopic (exact) mass is 342 g/mol. The fourth-order valence-electron chi connectivity index (χ4n) is 3.13. The number of carbonyl (C=O) groups excluding carboxylic acids is 1. The highest BCUT2D eigenvalue weighted by Crippen LogP contribution is 2.19. The molecule has 1 fully saturated rings. The molecule has 7 nitrogen and oxygen atoms in total. The lowest BCUT2D eigenvalue weighted by molar-refractivity contribution is -0.142. The Morgan fingerprint density at radius 1 is 1.28 bits per heavy atom. The van der Waals surface area contributed by atoms with E-state index in [1.807, 2.05) is 38.1 Å². The molecule has 2 aromatic rings. The molecule has 0 spiro atoms. The number of hydrogen-bond donors (Lipinski definition) is 2. The largest absolute Gasteiger partial charge is 0.480 e. The summed E-state index contributed by atoms with van der Waals surface area (Å²) in [6.07, 6.45) is 1.38. The second-order valence-corrected chi connectivity index (χ2v) is 6.43. The van der Waals surface area contributed by atoms with Gasteiger partial charge < -0.3 is 10.4 Å². The fraction of sp³-hybridized carbons (Fsp3) is 0.389. The van der Waals surface area contributed by atoms with E-state index in [0.717, 1.165) is 23.4 Å². The minimum absolute atomic E-state index is 0.0646. The van der Waals surface area contributed by atoms with Crippen LogP contribution in [0.1, 0.15) is 24.1 Å². The summed E-state index contributed by atoms with van der Waals surface area (Å²) in [6, 6.07) is 9.08. The molecular weight excluding hydrogens is 320 g/mol. The SMILES string of the molecule is Cc1ccc(-n2nc(C)cc2NC(=O)CN2CCC[C@H]2C(=O)O)cc1. The van der Waals surface area contributed by atoms with Gasteiger partial charge in [0.15, 0.2) is 0 Å². The summed E-state index contributed by atoms with van der Waals surface area (Å²) in [5.41, 5.74) is 2.80. The predicted octanol–water partition coefficient (Wildman–Crippen LogP) is 1.98. The molecule has 1 aliphatic rings. The van der Waals surface area contributed by atoms with Crippen LogP contribution in [0.5, 0.6) is 0 Å². The van der Waals surface area contributed by atoms with Crippen molar-refractivity contribution in [3.63, 3.8) is 0 Å². The van der Waals surface area contributed by atoms with Crippen LogP contribution < -0.4 is 5.32 Å². The van der Waals surface area contributed by atoms with Crippen molar-refractivity contribution in [3.05, 3.63) is 41.6 Å². The van der Waals surface area contributed by atoms with E-state index >= 15 is 0 Å². The maximum Gasteiger partial charge on any atom is 0.320 e. The van der Waals surface area contributed by atoms with E-state index in [1.54, 1.807) is 15.6 Å². The molecule has 2 heterocycles. The summed E-state index contributed by atoms with van der Waals surface area (Å²) in [5, 5.41) is 16.5. The molecule has 0 aliphatic carbocycles. The average Bonchev–Trinajstić information content (AvgIpc) is 3.15. The molecule has 0 unspecified atom stereocenters. The van der Waals surface area contributed by atoms with Crippen LogP contribution in [-0.4, -0.2) is 50.8 Å². The van der Waals surface area contributed by atoms with E-state index in [2.05, 4.69) is 10.4 Å². The van der Waals surface area contributed by atoms with Crippen molar-refractivity contribution in [1.29, 1.82) is 0 Å². The smallest absolute Gasteiger partial charge is 0.320 e. The van der Waals surface area contributed by atoms with Crippen LogP contribution in [0.4, 0.5) is 5.82 Å². The Balaban J connectivity index is 1.73. The molecule has 1 aromatic carbocycles. The van der Waals surface area contributed by atoms with E-state index in [0.29, 0.717) is 18.8 Å². The summed E-state index contributed by atoms with van der Waals surface area (Å²) in [4.78, 5) is 25.3. The standard InChI is InChI=1S/C18H22N4O3/c1-12-5-7-14(8-6-12)22-16(10-13(2)20-22)19-17(23)11-21-9-3-4-15(21)18(24)25/h5-8,10,15H,3-4,9,11H2,1-2H3,(H,19,23)(H,24,25)/t15-/m0/s1. The predicted molar refractivity (Wildman–Crippen MR) is 93.9 cm³/mol. The zero-order chi connectivity index (χ0) is 18.0. The quantitative estimate of drug-likeness (QED) is 0.867.